The average Bonchev–Trinajstić information content (AvgIpc) is 2.97. The zero-order chi connectivity index (χ0) is 30.2. The second-order valence-corrected chi connectivity index (χ2v) is 11.9. The lowest BCUT2D eigenvalue weighted by Gasteiger charge is -2.14. The normalized spacial score (nSPS) is 11.9. The molecule has 11 heteroatoms. The molecule has 6 nitrogen and oxygen atoms in total. The Hall–Kier alpha value is -3.46. The van der Waals surface area contributed by atoms with Crippen LogP contribution in [0.3, 0.4) is 0 Å². The molecule has 0 radical (unpaired) electrons. The number of carbonyl (C=O) groups is 3. The van der Waals surface area contributed by atoms with Gasteiger partial charge in [-0.25, -0.2) is 0 Å². The molecule has 3 amide bonds. The molecule has 42 heavy (non-hydrogen) atoms. The van der Waals surface area contributed by atoms with E-state index < -0.39 is 17.1 Å². The number of hydrogen-bond acceptors (Lipinski definition) is 4. The van der Waals surface area contributed by atoms with E-state index in [0.29, 0.717) is 42.6 Å². The number of benzene rings is 4. The molecular weight excluding hydrogens is 636 g/mol. The van der Waals surface area contributed by atoms with E-state index in [9.17, 15) is 14.4 Å². The zero-order valence-corrected chi connectivity index (χ0v) is 25.8. The Morgan fingerprint density at radius 1 is 0.762 bits per heavy atom. The number of rotatable bonds is 9. The van der Waals surface area contributed by atoms with Gasteiger partial charge in [-0.3, -0.25) is 14.4 Å². The van der Waals surface area contributed by atoms with Gasteiger partial charge < -0.3 is 16.0 Å². The summed E-state index contributed by atoms with van der Waals surface area (Å²) in [4.78, 5) is 39.7. The monoisotopic (exact) mass is 657 g/mol. The van der Waals surface area contributed by atoms with Crippen LogP contribution in [0.4, 0.5) is 11.4 Å². The molecule has 3 N–H and O–H groups in total. The second-order valence-electron chi connectivity index (χ2n) is 8.87. The number of halogens is 4. The molecule has 4 aromatic carbocycles. The van der Waals surface area contributed by atoms with Crippen LogP contribution in [0.15, 0.2) is 102 Å². The van der Waals surface area contributed by atoms with Crippen molar-refractivity contribution in [3.8, 4) is 0 Å². The molecule has 0 aliphatic carbocycles. The molecule has 0 aliphatic rings. The van der Waals surface area contributed by atoms with Gasteiger partial charge in [0.2, 0.25) is 5.91 Å². The first-order valence-electron chi connectivity index (χ1n) is 12.5. The van der Waals surface area contributed by atoms with E-state index in [0.717, 1.165) is 4.90 Å². The number of thioether (sulfide) groups is 1. The minimum atomic E-state index is -0.582. The molecule has 0 fully saturated rings. The third-order valence-corrected chi connectivity index (χ3v) is 8.13. The van der Waals surface area contributed by atoms with Gasteiger partial charge in [-0.15, -0.1) is 11.8 Å². The maximum Gasteiger partial charge on any atom is 0.272 e. The number of hydrogen-bond donors (Lipinski definition) is 3. The summed E-state index contributed by atoms with van der Waals surface area (Å²) >= 11 is 26.1. The highest BCUT2D eigenvalue weighted by atomic mass is 35.5. The first-order valence-corrected chi connectivity index (χ1v) is 14.9. The lowest BCUT2D eigenvalue weighted by Crippen LogP contribution is -2.30. The molecule has 0 saturated heterocycles. The van der Waals surface area contributed by atoms with Crippen LogP contribution in [0, 0.1) is 0 Å². The van der Waals surface area contributed by atoms with Crippen molar-refractivity contribution in [2.45, 2.75) is 17.1 Å². The van der Waals surface area contributed by atoms with Gasteiger partial charge in [-0.2, -0.15) is 0 Å². The van der Waals surface area contributed by atoms with Gasteiger partial charge in [0.1, 0.15) is 5.70 Å². The van der Waals surface area contributed by atoms with Crippen LogP contribution in [-0.4, -0.2) is 23.0 Å². The standard InChI is InChI=1S/C31H23Cl4N3O3S/c1-18(29(39)37-27-16-20(32)10-15-26(27)35)42-22-13-11-21(12-14-22)36-31(41)28(17-23-24(33)8-5-9-25(23)34)38-30(40)19-6-3-2-4-7-19/h2-18H,1H3,(H,36,41)(H,37,39)(H,38,40)/b28-17-. The zero-order valence-electron chi connectivity index (χ0n) is 22.0. The lowest BCUT2D eigenvalue weighted by molar-refractivity contribution is -0.115. The topological polar surface area (TPSA) is 87.3 Å². The van der Waals surface area contributed by atoms with Crippen molar-refractivity contribution in [3.05, 3.63) is 128 Å². The van der Waals surface area contributed by atoms with Gasteiger partial charge in [0.15, 0.2) is 0 Å². The number of nitrogens with one attached hydrogen (secondary N) is 3. The molecule has 0 heterocycles. The Kier molecular flexibility index (Phi) is 11.0. The fraction of sp³-hybridized carbons (Fsp3) is 0.0645. The molecule has 0 aliphatic heterocycles. The number of amides is 3. The fourth-order valence-electron chi connectivity index (χ4n) is 3.64. The molecule has 0 aromatic heterocycles. The highest BCUT2D eigenvalue weighted by Gasteiger charge is 2.18. The summed E-state index contributed by atoms with van der Waals surface area (Å²) in [5.74, 6) is -1.30. The quantitative estimate of drug-likeness (QED) is 0.124. The first kappa shape index (κ1) is 31.5. The molecule has 0 spiro atoms. The van der Waals surface area contributed by atoms with Crippen LogP contribution in [0.2, 0.25) is 20.1 Å². The Morgan fingerprint density at radius 3 is 2.10 bits per heavy atom. The third kappa shape index (κ3) is 8.53. The predicted molar refractivity (Wildman–Crippen MR) is 174 cm³/mol. The summed E-state index contributed by atoms with van der Waals surface area (Å²) in [5.41, 5.74) is 1.61. The summed E-state index contributed by atoms with van der Waals surface area (Å²) in [6.07, 6.45) is 1.43. The summed E-state index contributed by atoms with van der Waals surface area (Å²) < 4.78 is 0. The Morgan fingerprint density at radius 2 is 1.43 bits per heavy atom. The van der Waals surface area contributed by atoms with Crippen molar-refractivity contribution in [2.75, 3.05) is 10.6 Å². The van der Waals surface area contributed by atoms with Gasteiger partial charge in [-0.1, -0.05) is 70.7 Å². The lowest BCUT2D eigenvalue weighted by atomic mass is 10.1. The van der Waals surface area contributed by atoms with Crippen molar-refractivity contribution in [1.82, 2.24) is 5.32 Å². The van der Waals surface area contributed by atoms with Crippen molar-refractivity contribution in [1.29, 1.82) is 0 Å². The number of anilines is 2. The van der Waals surface area contributed by atoms with Gasteiger partial charge in [0, 0.05) is 36.8 Å². The minimum absolute atomic E-state index is 0.0534. The average molecular weight is 659 g/mol. The van der Waals surface area contributed by atoms with Crippen molar-refractivity contribution >= 4 is 93.3 Å². The highest BCUT2D eigenvalue weighted by Crippen LogP contribution is 2.30. The first-order chi connectivity index (χ1) is 20.1. The summed E-state index contributed by atoms with van der Waals surface area (Å²) in [6.45, 7) is 1.76. The molecule has 4 aromatic rings. The summed E-state index contributed by atoms with van der Waals surface area (Å²) in [5, 5.41) is 9.25. The van der Waals surface area contributed by atoms with Crippen LogP contribution in [0.25, 0.3) is 6.08 Å². The van der Waals surface area contributed by atoms with Gasteiger partial charge in [-0.05, 0) is 79.7 Å². The summed E-state index contributed by atoms with van der Waals surface area (Å²) in [7, 11) is 0. The largest absolute Gasteiger partial charge is 0.324 e. The minimum Gasteiger partial charge on any atom is -0.324 e. The van der Waals surface area contributed by atoms with Gasteiger partial charge in [0.05, 0.1) is 16.0 Å². The van der Waals surface area contributed by atoms with Crippen molar-refractivity contribution in [3.63, 3.8) is 0 Å². The van der Waals surface area contributed by atoms with E-state index in [1.807, 2.05) is 0 Å². The van der Waals surface area contributed by atoms with E-state index >= 15 is 0 Å². The van der Waals surface area contributed by atoms with E-state index in [1.165, 1.54) is 17.8 Å². The molecule has 0 saturated carbocycles. The Labute approximate surface area is 267 Å². The predicted octanol–water partition coefficient (Wildman–Crippen LogP) is 8.83. The van der Waals surface area contributed by atoms with Gasteiger partial charge in [0.25, 0.3) is 11.8 Å². The van der Waals surface area contributed by atoms with E-state index in [2.05, 4.69) is 16.0 Å². The number of carbonyl (C=O) groups excluding carboxylic acids is 3. The van der Waals surface area contributed by atoms with Crippen molar-refractivity contribution < 1.29 is 14.4 Å². The van der Waals surface area contributed by atoms with Crippen LogP contribution < -0.4 is 16.0 Å². The third-order valence-electron chi connectivity index (χ3n) is 5.80. The molecule has 0 bridgehead atoms. The molecule has 1 atom stereocenters. The maximum absolute atomic E-state index is 13.3. The highest BCUT2D eigenvalue weighted by molar-refractivity contribution is 8.00. The van der Waals surface area contributed by atoms with Crippen LogP contribution >= 0.6 is 58.2 Å². The SMILES string of the molecule is CC(Sc1ccc(NC(=O)/C(=C/c2c(Cl)cccc2Cl)NC(=O)c2ccccc2)cc1)C(=O)Nc1cc(Cl)ccc1Cl. The van der Waals surface area contributed by atoms with Crippen molar-refractivity contribution in [2.24, 2.45) is 0 Å². The van der Waals surface area contributed by atoms with E-state index in [4.69, 9.17) is 46.4 Å². The molecular formula is C31H23Cl4N3O3S. The Bertz CT molecular complexity index is 1630. The summed E-state index contributed by atoms with van der Waals surface area (Å²) in [6, 6.07) is 25.2. The molecule has 4 rings (SSSR count). The van der Waals surface area contributed by atoms with Crippen LogP contribution in [0.5, 0.6) is 0 Å². The fourth-order valence-corrected chi connectivity index (χ4v) is 5.35. The maximum atomic E-state index is 13.3. The van der Waals surface area contributed by atoms with E-state index in [1.54, 1.807) is 97.9 Å². The second kappa shape index (κ2) is 14.6. The van der Waals surface area contributed by atoms with Gasteiger partial charge >= 0.3 is 0 Å². The smallest absolute Gasteiger partial charge is 0.272 e. The van der Waals surface area contributed by atoms with Crippen LogP contribution in [-0.2, 0) is 9.59 Å². The Balaban J connectivity index is 1.46. The van der Waals surface area contributed by atoms with E-state index in [-0.39, 0.29) is 11.6 Å². The molecule has 1 unspecified atom stereocenters. The van der Waals surface area contributed by atoms with Crippen LogP contribution in [0.1, 0.15) is 22.8 Å². The molecule has 214 valence electrons.